The van der Waals surface area contributed by atoms with Gasteiger partial charge in [0.15, 0.2) is 4.80 Å². The Labute approximate surface area is 217 Å². The van der Waals surface area contributed by atoms with Gasteiger partial charge in [-0.3, -0.25) is 9.36 Å². The molecule has 0 saturated heterocycles. The van der Waals surface area contributed by atoms with E-state index >= 15 is 0 Å². The highest BCUT2D eigenvalue weighted by atomic mass is 32.1. The molecule has 0 amide bonds. The topological polar surface area (TPSA) is 94.9 Å². The number of aromatic amines is 1. The van der Waals surface area contributed by atoms with Crippen LogP contribution in [0.25, 0.3) is 17.0 Å². The molecule has 1 atom stereocenters. The van der Waals surface area contributed by atoms with Crippen LogP contribution in [-0.4, -0.2) is 36.3 Å². The van der Waals surface area contributed by atoms with Crippen LogP contribution in [0.15, 0.2) is 63.5 Å². The fraction of sp³-hybridized carbons (Fsp3) is 0.250. The predicted molar refractivity (Wildman–Crippen MR) is 143 cm³/mol. The number of hydrogen-bond donors (Lipinski definition) is 1. The molecule has 0 saturated carbocycles. The number of rotatable bonds is 6. The molecule has 8 nitrogen and oxygen atoms in total. The number of nitrogens with one attached hydrogen (secondary N) is 1. The third-order valence-electron chi connectivity index (χ3n) is 6.47. The molecule has 37 heavy (non-hydrogen) atoms. The van der Waals surface area contributed by atoms with Gasteiger partial charge in [-0.15, -0.1) is 0 Å². The molecular weight excluding hydrogens is 490 g/mol. The number of benzene rings is 2. The smallest absolute Gasteiger partial charge is 0.338 e. The molecule has 0 unspecified atom stereocenters. The molecule has 3 heterocycles. The van der Waals surface area contributed by atoms with E-state index in [-0.39, 0.29) is 17.7 Å². The van der Waals surface area contributed by atoms with E-state index in [0.717, 1.165) is 22.2 Å². The number of H-pyrrole nitrogens is 1. The van der Waals surface area contributed by atoms with Gasteiger partial charge in [-0.25, -0.2) is 9.79 Å². The van der Waals surface area contributed by atoms with E-state index < -0.39 is 12.0 Å². The second-order valence-electron chi connectivity index (χ2n) is 8.62. The number of esters is 1. The molecule has 5 rings (SSSR count). The van der Waals surface area contributed by atoms with Crippen molar-refractivity contribution in [1.82, 2.24) is 9.55 Å². The highest BCUT2D eigenvalue weighted by Crippen LogP contribution is 2.37. The maximum absolute atomic E-state index is 14.0. The van der Waals surface area contributed by atoms with E-state index in [1.165, 1.54) is 11.3 Å². The lowest BCUT2D eigenvalue weighted by molar-refractivity contribution is -0.139. The molecule has 9 heteroatoms. The molecule has 0 fully saturated rings. The van der Waals surface area contributed by atoms with E-state index in [9.17, 15) is 9.59 Å². The van der Waals surface area contributed by atoms with Gasteiger partial charge in [0.2, 0.25) is 0 Å². The first kappa shape index (κ1) is 24.6. The van der Waals surface area contributed by atoms with Crippen LogP contribution in [-0.2, 0) is 9.53 Å². The zero-order valence-electron chi connectivity index (χ0n) is 21.2. The van der Waals surface area contributed by atoms with Crippen LogP contribution in [0.4, 0.5) is 0 Å². The molecule has 1 aliphatic rings. The average Bonchev–Trinajstić information content (AvgIpc) is 3.38. The van der Waals surface area contributed by atoms with E-state index in [1.807, 2.05) is 37.3 Å². The van der Waals surface area contributed by atoms with Crippen molar-refractivity contribution in [2.24, 2.45) is 4.99 Å². The van der Waals surface area contributed by atoms with Crippen LogP contribution in [0, 0.1) is 6.92 Å². The maximum Gasteiger partial charge on any atom is 0.338 e. The van der Waals surface area contributed by atoms with Gasteiger partial charge in [-0.1, -0.05) is 29.5 Å². The van der Waals surface area contributed by atoms with Crippen LogP contribution < -0.4 is 24.4 Å². The average molecular weight is 518 g/mol. The Morgan fingerprint density at radius 2 is 1.95 bits per heavy atom. The number of carbonyl (C=O) groups excluding carboxylic acids is 1. The molecule has 1 N–H and O–H groups in total. The van der Waals surface area contributed by atoms with Crippen molar-refractivity contribution in [1.29, 1.82) is 0 Å². The summed E-state index contributed by atoms with van der Waals surface area (Å²) in [5.41, 5.74) is 4.03. The zero-order valence-corrected chi connectivity index (χ0v) is 22.1. The van der Waals surface area contributed by atoms with Crippen molar-refractivity contribution in [3.63, 3.8) is 0 Å². The number of aryl methyl sites for hydroxylation is 1. The van der Waals surface area contributed by atoms with E-state index in [1.54, 1.807) is 50.8 Å². The lowest BCUT2D eigenvalue weighted by Gasteiger charge is -2.26. The molecule has 0 aliphatic carbocycles. The number of para-hydroxylation sites is 1. The summed E-state index contributed by atoms with van der Waals surface area (Å²) in [5.74, 6) is 0.565. The van der Waals surface area contributed by atoms with Crippen molar-refractivity contribution in [3.8, 4) is 11.5 Å². The highest BCUT2D eigenvalue weighted by Gasteiger charge is 2.35. The first-order valence-electron chi connectivity index (χ1n) is 11.9. The largest absolute Gasteiger partial charge is 0.497 e. The monoisotopic (exact) mass is 517 g/mol. The summed E-state index contributed by atoms with van der Waals surface area (Å²) in [6.45, 7) is 5.68. The van der Waals surface area contributed by atoms with Gasteiger partial charge >= 0.3 is 5.97 Å². The van der Waals surface area contributed by atoms with Crippen molar-refractivity contribution in [3.05, 3.63) is 90.2 Å². The fourth-order valence-corrected chi connectivity index (χ4v) is 5.78. The first-order chi connectivity index (χ1) is 17.9. The van der Waals surface area contributed by atoms with Crippen LogP contribution >= 0.6 is 11.3 Å². The van der Waals surface area contributed by atoms with Gasteiger partial charge < -0.3 is 19.2 Å². The highest BCUT2D eigenvalue weighted by molar-refractivity contribution is 7.07. The Balaban J connectivity index is 1.80. The van der Waals surface area contributed by atoms with Gasteiger partial charge in [-0.2, -0.15) is 0 Å². The number of hydrogen-bond acceptors (Lipinski definition) is 7. The summed E-state index contributed by atoms with van der Waals surface area (Å²) in [5, 5.41) is 1.03. The standard InChI is InChI=1S/C28H27N3O5S/c1-6-36-27(33)24-16(3)30-28-31(25(24)20-13-17(34-4)11-12-22(20)35-5)26(32)23(37-28)14-19-15(2)29-21-10-8-7-9-18(19)21/h7-14,25,29H,6H2,1-5H3/b23-14-/t25-/m1/s1. The lowest BCUT2D eigenvalue weighted by Crippen LogP contribution is -2.40. The van der Waals surface area contributed by atoms with Crippen LogP contribution in [0.5, 0.6) is 11.5 Å². The second kappa shape index (κ2) is 9.74. The number of fused-ring (bicyclic) bond motifs is 2. The van der Waals surface area contributed by atoms with Crippen molar-refractivity contribution < 1.29 is 19.0 Å². The summed E-state index contributed by atoms with van der Waals surface area (Å²) < 4.78 is 18.6. The number of nitrogens with zero attached hydrogens (tertiary/aromatic N) is 2. The molecule has 0 bridgehead atoms. The van der Waals surface area contributed by atoms with Gasteiger partial charge in [0.05, 0.1) is 36.6 Å². The first-order valence-corrected chi connectivity index (χ1v) is 12.7. The zero-order chi connectivity index (χ0) is 26.3. The van der Waals surface area contributed by atoms with Gasteiger partial charge in [0.1, 0.15) is 17.5 Å². The Kier molecular flexibility index (Phi) is 6.47. The Morgan fingerprint density at radius 3 is 2.68 bits per heavy atom. The second-order valence-corrected chi connectivity index (χ2v) is 9.63. The number of carbonyl (C=O) groups is 1. The van der Waals surface area contributed by atoms with Crippen molar-refractivity contribution in [2.45, 2.75) is 26.8 Å². The van der Waals surface area contributed by atoms with Crippen LogP contribution in [0.2, 0.25) is 0 Å². The SMILES string of the molecule is CCOC(=O)C1=C(C)N=c2s/c(=C\c3c(C)[nH]c4ccccc34)c(=O)n2[C@@H]1c1cc(OC)ccc1OC. The van der Waals surface area contributed by atoms with Gasteiger partial charge in [-0.05, 0) is 51.1 Å². The lowest BCUT2D eigenvalue weighted by atomic mass is 9.94. The maximum atomic E-state index is 14.0. The van der Waals surface area contributed by atoms with E-state index in [2.05, 4.69) is 9.98 Å². The number of methoxy groups -OCH3 is 2. The third-order valence-corrected chi connectivity index (χ3v) is 7.45. The van der Waals surface area contributed by atoms with Gasteiger partial charge in [0.25, 0.3) is 5.56 Å². The molecule has 0 radical (unpaired) electrons. The summed E-state index contributed by atoms with van der Waals surface area (Å²) in [6, 6.07) is 12.5. The number of allylic oxidation sites excluding steroid dienone is 1. The molecular formula is C28H27N3O5S. The van der Waals surface area contributed by atoms with Crippen LogP contribution in [0.3, 0.4) is 0 Å². The number of thiazole rings is 1. The van der Waals surface area contributed by atoms with E-state index in [4.69, 9.17) is 14.2 Å². The molecule has 4 aromatic rings. The molecule has 190 valence electrons. The quantitative estimate of drug-likeness (QED) is 0.395. The predicted octanol–water partition coefficient (Wildman–Crippen LogP) is 3.61. The summed E-state index contributed by atoms with van der Waals surface area (Å²) in [4.78, 5) is 35.7. The van der Waals surface area contributed by atoms with E-state index in [0.29, 0.717) is 32.1 Å². The molecule has 0 spiro atoms. The van der Waals surface area contributed by atoms with Crippen LogP contribution in [0.1, 0.15) is 36.7 Å². The minimum Gasteiger partial charge on any atom is -0.497 e. The Bertz CT molecular complexity index is 1740. The summed E-state index contributed by atoms with van der Waals surface area (Å²) in [7, 11) is 3.11. The molecule has 1 aliphatic heterocycles. The normalized spacial score (nSPS) is 15.5. The van der Waals surface area contributed by atoms with Crippen molar-refractivity contribution >= 4 is 34.3 Å². The summed E-state index contributed by atoms with van der Waals surface area (Å²) >= 11 is 1.29. The minimum atomic E-state index is -0.799. The summed E-state index contributed by atoms with van der Waals surface area (Å²) in [6.07, 6.45) is 1.89. The van der Waals surface area contributed by atoms with Crippen molar-refractivity contribution in [2.75, 3.05) is 20.8 Å². The number of aromatic nitrogens is 2. The Hall–Kier alpha value is -4.11. The molecule has 2 aromatic heterocycles. The number of ether oxygens (including phenoxy) is 3. The van der Waals surface area contributed by atoms with Gasteiger partial charge in [0, 0.05) is 27.7 Å². The minimum absolute atomic E-state index is 0.196. The molecule has 2 aromatic carbocycles. The third kappa shape index (κ3) is 4.15. The Morgan fingerprint density at radius 1 is 1.16 bits per heavy atom. The fourth-order valence-electron chi connectivity index (χ4n) is 4.75.